The summed E-state index contributed by atoms with van der Waals surface area (Å²) in [7, 11) is 1.78. The number of rotatable bonds is 5. The van der Waals surface area contributed by atoms with E-state index in [0.717, 1.165) is 24.5 Å². The molecule has 1 aromatic carbocycles. The molecule has 0 bridgehead atoms. The molecule has 1 fully saturated rings. The molecule has 1 unspecified atom stereocenters. The lowest BCUT2D eigenvalue weighted by Crippen LogP contribution is -2.44. The van der Waals surface area contributed by atoms with Crippen LogP contribution in [0.5, 0.6) is 0 Å². The van der Waals surface area contributed by atoms with Crippen LogP contribution in [0.2, 0.25) is 0 Å². The Morgan fingerprint density at radius 1 is 1.16 bits per heavy atom. The van der Waals surface area contributed by atoms with Gasteiger partial charge in [0.25, 0.3) is 0 Å². The van der Waals surface area contributed by atoms with Gasteiger partial charge in [-0.05, 0) is 59.1 Å². The van der Waals surface area contributed by atoms with Crippen LogP contribution < -0.4 is 10.6 Å². The molecule has 2 N–H and O–H groups in total. The third kappa shape index (κ3) is 10.5. The van der Waals surface area contributed by atoms with Gasteiger partial charge in [0.1, 0.15) is 5.60 Å². The van der Waals surface area contributed by atoms with E-state index in [4.69, 9.17) is 9.47 Å². The molecular weight excluding hydrogens is 507 g/mol. The van der Waals surface area contributed by atoms with Crippen LogP contribution in [0.3, 0.4) is 0 Å². The summed E-state index contributed by atoms with van der Waals surface area (Å²) >= 11 is 0. The first-order valence-electron chi connectivity index (χ1n) is 10.6. The van der Waals surface area contributed by atoms with Crippen LogP contribution in [-0.4, -0.2) is 54.3 Å². The maximum atomic E-state index is 12.0. The number of carbonyl (C=O) groups excluding carboxylic acids is 1. The van der Waals surface area contributed by atoms with Crippen LogP contribution in [0, 0.1) is 0 Å². The third-order valence-electron chi connectivity index (χ3n) is 4.53. The summed E-state index contributed by atoms with van der Waals surface area (Å²) in [4.78, 5) is 18.6. The van der Waals surface area contributed by atoms with Gasteiger partial charge in [0.05, 0.1) is 18.2 Å². The molecule has 0 spiro atoms. The summed E-state index contributed by atoms with van der Waals surface area (Å²) in [5.41, 5.74) is 1.68. The molecule has 0 aliphatic carbocycles. The molecule has 0 saturated carbocycles. The van der Waals surface area contributed by atoms with Crippen LogP contribution in [0.4, 0.5) is 4.79 Å². The van der Waals surface area contributed by atoms with E-state index in [-0.39, 0.29) is 41.7 Å². The number of benzene rings is 1. The monoisotopic (exact) mass is 546 g/mol. The highest BCUT2D eigenvalue weighted by molar-refractivity contribution is 14.0. The minimum Gasteiger partial charge on any atom is -0.444 e. The molecule has 176 valence electrons. The molecule has 1 aromatic rings. The zero-order chi connectivity index (χ0) is 22.4. The highest BCUT2D eigenvalue weighted by Crippen LogP contribution is 2.14. The van der Waals surface area contributed by atoms with Gasteiger partial charge in [-0.3, -0.25) is 4.99 Å². The lowest BCUT2D eigenvalue weighted by atomic mass is 10.1. The number of ether oxygens (including phenoxy) is 2. The Balaban J connectivity index is 0.00000480. The van der Waals surface area contributed by atoms with Crippen LogP contribution in [0.1, 0.15) is 59.1 Å². The number of alkyl carbamates (subject to hydrolysis) is 1. The van der Waals surface area contributed by atoms with Gasteiger partial charge in [-0.2, -0.15) is 0 Å². The van der Waals surface area contributed by atoms with Gasteiger partial charge in [-0.25, -0.2) is 4.79 Å². The van der Waals surface area contributed by atoms with Crippen molar-refractivity contribution < 1.29 is 14.3 Å². The van der Waals surface area contributed by atoms with Gasteiger partial charge in [0.2, 0.25) is 0 Å². The predicted octanol–water partition coefficient (Wildman–Crippen LogP) is 4.29. The van der Waals surface area contributed by atoms with Crippen molar-refractivity contribution in [1.82, 2.24) is 15.5 Å². The average molecular weight is 546 g/mol. The van der Waals surface area contributed by atoms with Crippen molar-refractivity contribution in [3.8, 4) is 0 Å². The number of aliphatic imine (C=N–C) groups is 1. The molecule has 2 rings (SSSR count). The summed E-state index contributed by atoms with van der Waals surface area (Å²) in [5, 5.41) is 6.38. The molecule has 1 aliphatic heterocycles. The van der Waals surface area contributed by atoms with Crippen molar-refractivity contribution in [3.05, 3.63) is 35.4 Å². The zero-order valence-electron chi connectivity index (χ0n) is 19.9. The van der Waals surface area contributed by atoms with Gasteiger partial charge in [0.15, 0.2) is 5.96 Å². The molecule has 1 saturated heterocycles. The summed E-state index contributed by atoms with van der Waals surface area (Å²) in [6.07, 6.45) is 0.492. The van der Waals surface area contributed by atoms with Gasteiger partial charge in [-0.1, -0.05) is 24.3 Å². The number of guanidine groups is 1. The van der Waals surface area contributed by atoms with E-state index in [1.165, 1.54) is 5.56 Å². The van der Waals surface area contributed by atoms with Gasteiger partial charge < -0.3 is 25.0 Å². The number of nitrogens with zero attached hydrogens (tertiary/aromatic N) is 2. The minimum absolute atomic E-state index is 0. The van der Waals surface area contributed by atoms with E-state index < -0.39 is 5.60 Å². The predicted molar refractivity (Wildman–Crippen MR) is 136 cm³/mol. The lowest BCUT2D eigenvalue weighted by molar-refractivity contribution is -0.0149. The molecule has 0 aromatic heterocycles. The first-order valence-corrected chi connectivity index (χ1v) is 10.6. The van der Waals surface area contributed by atoms with E-state index in [9.17, 15) is 4.79 Å². The Morgan fingerprint density at radius 2 is 1.84 bits per heavy atom. The van der Waals surface area contributed by atoms with Crippen molar-refractivity contribution in [1.29, 1.82) is 0 Å². The molecule has 1 aliphatic rings. The maximum absolute atomic E-state index is 12.0. The minimum atomic E-state index is -0.494. The fraction of sp³-hybridized carbons (Fsp3) is 0.652. The molecule has 1 amide bonds. The molecule has 1 atom stereocenters. The summed E-state index contributed by atoms with van der Waals surface area (Å²) in [6.45, 7) is 14.6. The van der Waals surface area contributed by atoms with Crippen LogP contribution >= 0.6 is 24.0 Å². The molecule has 31 heavy (non-hydrogen) atoms. The Bertz CT molecular complexity index is 741. The van der Waals surface area contributed by atoms with Crippen molar-refractivity contribution in [2.75, 3.05) is 20.1 Å². The van der Waals surface area contributed by atoms with Crippen LogP contribution in [0.25, 0.3) is 0 Å². The summed E-state index contributed by atoms with van der Waals surface area (Å²) < 4.78 is 11.2. The van der Waals surface area contributed by atoms with E-state index in [2.05, 4.69) is 65.6 Å². The molecule has 0 radical (unpaired) electrons. The highest BCUT2D eigenvalue weighted by Gasteiger charge is 2.27. The maximum Gasteiger partial charge on any atom is 0.407 e. The average Bonchev–Trinajstić information content (AvgIpc) is 3.07. The second kappa shape index (κ2) is 11.9. The Morgan fingerprint density at radius 3 is 2.45 bits per heavy atom. The van der Waals surface area contributed by atoms with Crippen molar-refractivity contribution in [3.63, 3.8) is 0 Å². The number of hydrogen-bond acceptors (Lipinski definition) is 4. The topological polar surface area (TPSA) is 75.2 Å². The summed E-state index contributed by atoms with van der Waals surface area (Å²) in [6, 6.07) is 8.44. The molecule has 8 heteroatoms. The van der Waals surface area contributed by atoms with Gasteiger partial charge in [0, 0.05) is 26.7 Å². The van der Waals surface area contributed by atoms with E-state index in [1.54, 1.807) is 7.05 Å². The standard InChI is InChI=1S/C23H38N4O3.HI/c1-22(2,3)29-16-18-10-8-9-17(13-18)14-25-20(24-7)27-12-11-19(15-27)26-21(28)30-23(4,5)6;/h8-10,13,19H,11-12,14-16H2,1-7H3,(H,24,25)(H,26,28);1H. The number of likely N-dealkylation sites (tertiary alicyclic amines) is 1. The fourth-order valence-electron chi connectivity index (χ4n) is 3.19. The number of hydrogen-bond donors (Lipinski definition) is 2. The largest absolute Gasteiger partial charge is 0.444 e. The Labute approximate surface area is 204 Å². The van der Waals surface area contributed by atoms with Gasteiger partial charge >= 0.3 is 6.09 Å². The third-order valence-corrected chi connectivity index (χ3v) is 4.53. The number of amides is 1. The van der Waals surface area contributed by atoms with Gasteiger partial charge in [-0.15, -0.1) is 24.0 Å². The van der Waals surface area contributed by atoms with Crippen LogP contribution in [-0.2, 0) is 22.6 Å². The zero-order valence-corrected chi connectivity index (χ0v) is 22.3. The molecule has 1 heterocycles. The fourth-order valence-corrected chi connectivity index (χ4v) is 3.19. The summed E-state index contributed by atoms with van der Waals surface area (Å²) in [5.74, 6) is 0.833. The second-order valence-corrected chi connectivity index (χ2v) is 9.70. The first-order chi connectivity index (χ1) is 13.9. The quantitative estimate of drug-likeness (QED) is 0.328. The second-order valence-electron chi connectivity index (χ2n) is 9.70. The molecular formula is C23H39IN4O3. The van der Waals surface area contributed by atoms with Crippen molar-refractivity contribution >= 4 is 36.0 Å². The number of carbonyl (C=O) groups is 1. The number of halogens is 1. The Kier molecular flexibility index (Phi) is 10.5. The Hall–Kier alpha value is -1.55. The van der Waals surface area contributed by atoms with E-state index in [1.807, 2.05) is 20.8 Å². The van der Waals surface area contributed by atoms with Crippen LogP contribution in [0.15, 0.2) is 29.3 Å². The van der Waals surface area contributed by atoms with Crippen molar-refractivity contribution in [2.45, 2.75) is 78.4 Å². The SMILES string of the molecule is CN=C(NCc1cccc(COC(C)(C)C)c1)N1CCC(NC(=O)OC(C)(C)C)C1.I. The van der Waals surface area contributed by atoms with E-state index in [0.29, 0.717) is 19.7 Å². The first kappa shape index (κ1) is 27.5. The smallest absolute Gasteiger partial charge is 0.407 e. The highest BCUT2D eigenvalue weighted by atomic mass is 127. The van der Waals surface area contributed by atoms with E-state index >= 15 is 0 Å². The molecule has 7 nitrogen and oxygen atoms in total. The lowest BCUT2D eigenvalue weighted by Gasteiger charge is -2.23. The van der Waals surface area contributed by atoms with Crippen molar-refractivity contribution in [2.24, 2.45) is 4.99 Å². The number of nitrogens with one attached hydrogen (secondary N) is 2. The normalized spacial score (nSPS) is 17.2.